The number of nitrogens with zero attached hydrogens (tertiary/aromatic N) is 4. The van der Waals surface area contributed by atoms with E-state index in [1.165, 1.54) is 29.9 Å². The lowest BCUT2D eigenvalue weighted by Gasteiger charge is -2.22. The van der Waals surface area contributed by atoms with Crippen LogP contribution in [-0.4, -0.2) is 39.5 Å². The van der Waals surface area contributed by atoms with Gasteiger partial charge in [0.25, 0.3) is 5.56 Å². The predicted octanol–water partition coefficient (Wildman–Crippen LogP) is 5.22. The second kappa shape index (κ2) is 11.5. The summed E-state index contributed by atoms with van der Waals surface area (Å²) < 4.78 is 11.7. The second-order valence-electron chi connectivity index (χ2n) is 8.80. The normalized spacial score (nSPS) is 15.1. The molecule has 0 unspecified atom stereocenters. The maximum absolute atomic E-state index is 13.4. The Bertz CT molecular complexity index is 1410. The molecule has 37 heavy (non-hydrogen) atoms. The molecular formula is C26H27ClN4O6. The van der Waals surface area contributed by atoms with Gasteiger partial charge in [-0.2, -0.15) is 9.78 Å². The molecule has 3 aromatic rings. The van der Waals surface area contributed by atoms with Crippen LogP contribution < -0.4 is 10.3 Å². The minimum Gasteiger partial charge on any atom is -0.471 e. The highest BCUT2D eigenvalue weighted by atomic mass is 35.5. The Balaban J connectivity index is 1.74. The molecule has 1 aliphatic carbocycles. The SMILES string of the molecule is CCOC(=O)[C@H](C)Oc1c(Cl)cc(C=Nn2c(C3CCCCC3)nc3ccccc3c2=O)cc1[N+](=O)[O-]. The molecule has 0 N–H and O–H groups in total. The van der Waals surface area contributed by atoms with Crippen LogP contribution in [0.3, 0.4) is 0 Å². The van der Waals surface area contributed by atoms with Crippen molar-refractivity contribution < 1.29 is 19.2 Å². The van der Waals surface area contributed by atoms with Crippen molar-refractivity contribution in [1.82, 2.24) is 9.66 Å². The van der Waals surface area contributed by atoms with Crippen molar-refractivity contribution in [2.24, 2.45) is 5.10 Å². The lowest BCUT2D eigenvalue weighted by molar-refractivity contribution is -0.386. The maximum Gasteiger partial charge on any atom is 0.347 e. The van der Waals surface area contributed by atoms with E-state index in [2.05, 4.69) is 5.10 Å². The third-order valence-electron chi connectivity index (χ3n) is 6.23. The monoisotopic (exact) mass is 526 g/mol. The van der Waals surface area contributed by atoms with Gasteiger partial charge in [-0.15, -0.1) is 0 Å². The van der Waals surface area contributed by atoms with Crippen LogP contribution in [0.4, 0.5) is 5.69 Å². The molecule has 4 rings (SSSR count). The molecule has 1 heterocycles. The Morgan fingerprint density at radius 2 is 2.03 bits per heavy atom. The van der Waals surface area contributed by atoms with E-state index >= 15 is 0 Å². The Morgan fingerprint density at radius 1 is 1.30 bits per heavy atom. The highest BCUT2D eigenvalue weighted by Crippen LogP contribution is 2.37. The topological polar surface area (TPSA) is 126 Å². The van der Waals surface area contributed by atoms with E-state index in [0.717, 1.165) is 32.1 Å². The van der Waals surface area contributed by atoms with Crippen molar-refractivity contribution in [1.29, 1.82) is 0 Å². The number of para-hydroxylation sites is 1. The standard InChI is InChI=1S/C26H27ClN4O6/c1-3-36-26(33)16(2)37-23-20(27)13-17(14-22(23)31(34)35)15-28-30-24(18-9-5-4-6-10-18)29-21-12-8-7-11-19(21)25(30)32/h7-8,11-16,18H,3-6,9-10H2,1-2H3/t16-/m0/s1. The van der Waals surface area contributed by atoms with Crippen molar-refractivity contribution in [3.05, 3.63) is 73.3 Å². The molecule has 11 heteroatoms. The van der Waals surface area contributed by atoms with Gasteiger partial charge in [-0.25, -0.2) is 9.78 Å². The Labute approximate surface area is 218 Å². The largest absolute Gasteiger partial charge is 0.471 e. The molecule has 1 aliphatic rings. The summed E-state index contributed by atoms with van der Waals surface area (Å²) in [5.74, 6) is -0.265. The number of esters is 1. The molecule has 0 spiro atoms. The molecule has 1 aromatic heterocycles. The smallest absolute Gasteiger partial charge is 0.347 e. The summed E-state index contributed by atoms with van der Waals surface area (Å²) in [5, 5.41) is 16.5. The molecule has 0 saturated heterocycles. The number of nitro benzene ring substituents is 1. The molecule has 0 bridgehead atoms. The number of hydrogen-bond acceptors (Lipinski definition) is 8. The first kappa shape index (κ1) is 26.3. The van der Waals surface area contributed by atoms with E-state index in [4.69, 9.17) is 26.1 Å². The van der Waals surface area contributed by atoms with Gasteiger partial charge in [0.2, 0.25) is 5.75 Å². The summed E-state index contributed by atoms with van der Waals surface area (Å²) in [6.07, 6.45) is 5.28. The first-order valence-corrected chi connectivity index (χ1v) is 12.5. The van der Waals surface area contributed by atoms with E-state index in [-0.39, 0.29) is 34.4 Å². The van der Waals surface area contributed by atoms with Crippen molar-refractivity contribution in [3.8, 4) is 5.75 Å². The van der Waals surface area contributed by atoms with E-state index in [1.54, 1.807) is 25.1 Å². The summed E-state index contributed by atoms with van der Waals surface area (Å²) in [4.78, 5) is 41.2. The Hall–Kier alpha value is -3.79. The first-order chi connectivity index (χ1) is 17.8. The van der Waals surface area contributed by atoms with Gasteiger partial charge < -0.3 is 9.47 Å². The van der Waals surface area contributed by atoms with E-state index in [0.29, 0.717) is 16.7 Å². The van der Waals surface area contributed by atoms with Gasteiger partial charge in [-0.3, -0.25) is 14.9 Å². The van der Waals surface area contributed by atoms with Crippen molar-refractivity contribution >= 4 is 40.4 Å². The molecule has 0 amide bonds. The fraction of sp³-hybridized carbons (Fsp3) is 0.385. The Kier molecular flexibility index (Phi) is 8.17. The molecular weight excluding hydrogens is 500 g/mol. The van der Waals surface area contributed by atoms with Gasteiger partial charge in [-0.05, 0) is 44.9 Å². The van der Waals surface area contributed by atoms with E-state index in [9.17, 15) is 19.7 Å². The number of halogens is 1. The zero-order valence-corrected chi connectivity index (χ0v) is 21.3. The van der Waals surface area contributed by atoms with Gasteiger partial charge in [0.15, 0.2) is 6.10 Å². The van der Waals surface area contributed by atoms with Gasteiger partial charge >= 0.3 is 11.7 Å². The molecule has 1 atom stereocenters. The average Bonchev–Trinajstić information content (AvgIpc) is 2.89. The number of ether oxygens (including phenoxy) is 2. The van der Waals surface area contributed by atoms with E-state index < -0.39 is 22.7 Å². The number of aromatic nitrogens is 2. The predicted molar refractivity (Wildman–Crippen MR) is 140 cm³/mol. The van der Waals surface area contributed by atoms with Gasteiger partial charge in [-0.1, -0.05) is 43.0 Å². The van der Waals surface area contributed by atoms with Crippen LogP contribution in [0.1, 0.15) is 63.3 Å². The molecule has 194 valence electrons. The average molecular weight is 527 g/mol. The lowest BCUT2D eigenvalue weighted by atomic mass is 9.88. The van der Waals surface area contributed by atoms with Gasteiger partial charge in [0.05, 0.1) is 33.7 Å². The van der Waals surface area contributed by atoms with Gasteiger partial charge in [0.1, 0.15) is 5.82 Å². The first-order valence-electron chi connectivity index (χ1n) is 12.2. The number of carbonyl (C=O) groups excluding carboxylic acids is 1. The zero-order chi connectivity index (χ0) is 26.5. The van der Waals surface area contributed by atoms with Crippen LogP contribution in [-0.2, 0) is 9.53 Å². The van der Waals surface area contributed by atoms with Crippen molar-refractivity contribution in [3.63, 3.8) is 0 Å². The summed E-state index contributed by atoms with van der Waals surface area (Å²) in [5.41, 5.74) is 0.130. The fourth-order valence-electron chi connectivity index (χ4n) is 4.41. The number of hydrogen-bond donors (Lipinski definition) is 0. The number of nitro groups is 1. The molecule has 1 saturated carbocycles. The van der Waals surface area contributed by atoms with Gasteiger partial charge in [0, 0.05) is 17.5 Å². The fourth-order valence-corrected chi connectivity index (χ4v) is 4.68. The number of benzene rings is 2. The van der Waals surface area contributed by atoms with Crippen LogP contribution in [0, 0.1) is 10.1 Å². The third kappa shape index (κ3) is 5.80. The molecule has 2 aromatic carbocycles. The van der Waals surface area contributed by atoms with E-state index in [1.807, 2.05) is 6.07 Å². The molecule has 0 radical (unpaired) electrons. The quantitative estimate of drug-likeness (QED) is 0.170. The molecule has 10 nitrogen and oxygen atoms in total. The number of carbonyl (C=O) groups is 1. The number of fused-ring (bicyclic) bond motifs is 1. The molecule has 0 aliphatic heterocycles. The van der Waals surface area contributed by atoms with Crippen LogP contribution in [0.2, 0.25) is 5.02 Å². The zero-order valence-electron chi connectivity index (χ0n) is 20.6. The third-order valence-corrected chi connectivity index (χ3v) is 6.51. The highest BCUT2D eigenvalue weighted by Gasteiger charge is 2.26. The maximum atomic E-state index is 13.4. The van der Waals surface area contributed by atoms with Crippen LogP contribution in [0.15, 0.2) is 46.3 Å². The van der Waals surface area contributed by atoms with Crippen LogP contribution >= 0.6 is 11.6 Å². The molecule has 1 fully saturated rings. The number of rotatable bonds is 8. The van der Waals surface area contributed by atoms with Crippen LogP contribution in [0.25, 0.3) is 10.9 Å². The van der Waals surface area contributed by atoms with Crippen LogP contribution in [0.5, 0.6) is 5.75 Å². The highest BCUT2D eigenvalue weighted by molar-refractivity contribution is 6.32. The second-order valence-corrected chi connectivity index (χ2v) is 9.21. The minimum atomic E-state index is -1.10. The summed E-state index contributed by atoms with van der Waals surface area (Å²) in [7, 11) is 0. The van der Waals surface area contributed by atoms with Crippen molar-refractivity contribution in [2.45, 2.75) is 58.0 Å². The summed E-state index contributed by atoms with van der Waals surface area (Å²) in [6.45, 7) is 3.20. The minimum absolute atomic E-state index is 0.0803. The summed E-state index contributed by atoms with van der Waals surface area (Å²) >= 11 is 6.32. The Morgan fingerprint density at radius 3 is 2.73 bits per heavy atom. The summed E-state index contributed by atoms with van der Waals surface area (Å²) in [6, 6.07) is 9.74. The van der Waals surface area contributed by atoms with Crippen molar-refractivity contribution in [2.75, 3.05) is 6.61 Å². The lowest BCUT2D eigenvalue weighted by Crippen LogP contribution is -2.26.